The molecule has 2 rings (SSSR count). The van der Waals surface area contributed by atoms with E-state index in [4.69, 9.17) is 9.84 Å². The fraction of sp³-hybridized carbons (Fsp3) is 0.154. The molecule has 2 N–H and O–H groups in total. The zero-order chi connectivity index (χ0) is 15.2. The number of nitrogens with one attached hydrogen (secondary N) is 1. The number of hydrogen-bond donors (Lipinski definition) is 2. The molecule has 0 spiro atoms. The lowest BCUT2D eigenvalue weighted by atomic mass is 10.3. The Hall–Kier alpha value is -2.48. The first-order valence-corrected chi connectivity index (χ1v) is 6.76. The Balaban J connectivity index is 1.86. The molecule has 0 aliphatic carbocycles. The van der Waals surface area contributed by atoms with E-state index in [0.29, 0.717) is 5.69 Å². The fourth-order valence-electron chi connectivity index (χ4n) is 1.46. The molecule has 1 aromatic carbocycles. The van der Waals surface area contributed by atoms with E-state index in [0.717, 1.165) is 11.3 Å². The topological polar surface area (TPSA) is 88.5 Å². The number of nitrogens with zero attached hydrogens (tertiary/aromatic N) is 1. The van der Waals surface area contributed by atoms with Crippen molar-refractivity contribution in [2.75, 3.05) is 11.9 Å². The van der Waals surface area contributed by atoms with Crippen LogP contribution in [0.5, 0.6) is 5.75 Å². The van der Waals surface area contributed by atoms with Crippen molar-refractivity contribution >= 4 is 28.3 Å². The quantitative estimate of drug-likeness (QED) is 0.851. The summed E-state index contributed by atoms with van der Waals surface area (Å²) < 4.78 is 18.3. The molecule has 0 aliphatic rings. The van der Waals surface area contributed by atoms with Crippen LogP contribution in [0.3, 0.4) is 0 Å². The third-order valence-electron chi connectivity index (χ3n) is 2.33. The largest absolute Gasteiger partial charge is 0.481 e. The molecule has 0 unspecified atom stereocenters. The van der Waals surface area contributed by atoms with Crippen molar-refractivity contribution in [3.63, 3.8) is 0 Å². The van der Waals surface area contributed by atoms with Gasteiger partial charge in [0.1, 0.15) is 0 Å². The third kappa shape index (κ3) is 4.53. The highest BCUT2D eigenvalue weighted by atomic mass is 32.1. The summed E-state index contributed by atoms with van der Waals surface area (Å²) in [5.74, 6) is -2.07. The van der Waals surface area contributed by atoms with Gasteiger partial charge in [-0.1, -0.05) is 12.1 Å². The number of carbonyl (C=O) groups is 2. The average molecular weight is 310 g/mol. The van der Waals surface area contributed by atoms with Crippen LogP contribution >= 0.6 is 11.3 Å². The van der Waals surface area contributed by atoms with Crippen LogP contribution in [0, 0.1) is 5.82 Å². The molecule has 1 aromatic heterocycles. The molecule has 0 bridgehead atoms. The molecular formula is C13H11FN2O4S. The number of aromatic nitrogens is 1. The lowest BCUT2D eigenvalue weighted by Crippen LogP contribution is -2.20. The summed E-state index contributed by atoms with van der Waals surface area (Å²) in [5.41, 5.74) is 0.359. The van der Waals surface area contributed by atoms with Gasteiger partial charge in [0.25, 0.3) is 5.91 Å². The van der Waals surface area contributed by atoms with Crippen LogP contribution in [0.1, 0.15) is 5.69 Å². The normalized spacial score (nSPS) is 10.1. The van der Waals surface area contributed by atoms with Crippen molar-refractivity contribution in [1.82, 2.24) is 4.98 Å². The Kier molecular flexibility index (Phi) is 4.83. The molecule has 0 aliphatic heterocycles. The maximum Gasteiger partial charge on any atom is 0.309 e. The van der Waals surface area contributed by atoms with E-state index in [2.05, 4.69) is 10.3 Å². The zero-order valence-corrected chi connectivity index (χ0v) is 11.5. The molecule has 0 saturated carbocycles. The summed E-state index contributed by atoms with van der Waals surface area (Å²) in [7, 11) is 0. The molecule has 0 saturated heterocycles. The molecule has 2 aromatic rings. The van der Waals surface area contributed by atoms with Gasteiger partial charge in [0.05, 0.1) is 12.1 Å². The Bertz CT molecular complexity index is 659. The minimum absolute atomic E-state index is 0.0154. The van der Waals surface area contributed by atoms with Gasteiger partial charge in [-0.05, 0) is 12.1 Å². The number of carboxylic acid groups (broad SMARTS) is 1. The highest BCUT2D eigenvalue weighted by Crippen LogP contribution is 2.17. The van der Waals surface area contributed by atoms with Crippen LogP contribution in [-0.4, -0.2) is 28.6 Å². The van der Waals surface area contributed by atoms with Gasteiger partial charge < -0.3 is 9.84 Å². The van der Waals surface area contributed by atoms with Crippen molar-refractivity contribution in [2.45, 2.75) is 6.42 Å². The van der Waals surface area contributed by atoms with E-state index in [9.17, 15) is 14.0 Å². The first kappa shape index (κ1) is 14.9. The Morgan fingerprint density at radius 3 is 2.86 bits per heavy atom. The highest BCUT2D eigenvalue weighted by molar-refractivity contribution is 7.13. The van der Waals surface area contributed by atoms with Gasteiger partial charge in [-0.3, -0.25) is 14.9 Å². The number of carboxylic acids is 1. The predicted molar refractivity (Wildman–Crippen MR) is 74.0 cm³/mol. The molecule has 6 nitrogen and oxygen atoms in total. The SMILES string of the molecule is O=C(O)Cc1csc(NC(=O)COc2ccccc2F)n1. The average Bonchev–Trinajstić information content (AvgIpc) is 2.84. The molecule has 0 atom stereocenters. The minimum atomic E-state index is -0.999. The van der Waals surface area contributed by atoms with Gasteiger partial charge >= 0.3 is 5.97 Å². The highest BCUT2D eigenvalue weighted by Gasteiger charge is 2.10. The van der Waals surface area contributed by atoms with E-state index in [-0.39, 0.29) is 23.9 Å². The summed E-state index contributed by atoms with van der Waals surface area (Å²) in [4.78, 5) is 26.1. The number of amides is 1. The third-order valence-corrected chi connectivity index (χ3v) is 3.13. The first-order chi connectivity index (χ1) is 10.0. The van der Waals surface area contributed by atoms with Gasteiger partial charge in [0.15, 0.2) is 23.3 Å². The predicted octanol–water partition coefficient (Wildman–Crippen LogP) is 1.93. The molecule has 110 valence electrons. The summed E-state index contributed by atoms with van der Waals surface area (Å²) in [6.07, 6.45) is -0.210. The van der Waals surface area contributed by atoms with Crippen LogP contribution in [0.2, 0.25) is 0 Å². The maximum absolute atomic E-state index is 13.3. The Labute approximate surface area is 123 Å². The smallest absolute Gasteiger partial charge is 0.309 e. The van der Waals surface area contributed by atoms with Gasteiger partial charge in [-0.25, -0.2) is 9.37 Å². The van der Waals surface area contributed by atoms with E-state index < -0.39 is 17.7 Å². The maximum atomic E-state index is 13.3. The van der Waals surface area contributed by atoms with E-state index in [1.54, 1.807) is 11.4 Å². The van der Waals surface area contributed by atoms with Crippen LogP contribution in [0.4, 0.5) is 9.52 Å². The lowest BCUT2D eigenvalue weighted by molar-refractivity contribution is -0.136. The van der Waals surface area contributed by atoms with Crippen molar-refractivity contribution in [2.24, 2.45) is 0 Å². The molecule has 1 heterocycles. The van der Waals surface area contributed by atoms with Crippen LogP contribution < -0.4 is 10.1 Å². The molecule has 21 heavy (non-hydrogen) atoms. The number of ether oxygens (including phenoxy) is 1. The molecule has 0 radical (unpaired) electrons. The van der Waals surface area contributed by atoms with Crippen LogP contribution in [0.25, 0.3) is 0 Å². The number of benzene rings is 1. The van der Waals surface area contributed by atoms with Crippen molar-refractivity contribution in [3.05, 3.63) is 41.2 Å². The summed E-state index contributed by atoms with van der Waals surface area (Å²) >= 11 is 1.11. The molecule has 1 amide bonds. The number of aliphatic carboxylic acids is 1. The van der Waals surface area contributed by atoms with Crippen molar-refractivity contribution < 1.29 is 23.8 Å². The second kappa shape index (κ2) is 6.80. The number of rotatable bonds is 6. The number of carbonyl (C=O) groups excluding carboxylic acids is 1. The standard InChI is InChI=1S/C13H11FN2O4S/c14-9-3-1-2-4-10(9)20-6-11(17)16-13-15-8(7-21-13)5-12(18)19/h1-4,7H,5-6H2,(H,18,19)(H,15,16,17). The number of hydrogen-bond acceptors (Lipinski definition) is 5. The number of anilines is 1. The van der Waals surface area contributed by atoms with E-state index in [1.807, 2.05) is 0 Å². The van der Waals surface area contributed by atoms with E-state index in [1.165, 1.54) is 18.2 Å². The second-order valence-corrected chi connectivity index (χ2v) is 4.84. The zero-order valence-electron chi connectivity index (χ0n) is 10.7. The first-order valence-electron chi connectivity index (χ1n) is 5.88. The summed E-state index contributed by atoms with van der Waals surface area (Å²) in [6.45, 7) is -0.366. The Morgan fingerprint density at radius 1 is 1.38 bits per heavy atom. The molecular weight excluding hydrogens is 299 g/mol. The van der Waals surface area contributed by atoms with Crippen molar-refractivity contribution in [1.29, 1.82) is 0 Å². The van der Waals surface area contributed by atoms with Crippen LogP contribution in [0.15, 0.2) is 29.6 Å². The van der Waals surface area contributed by atoms with Gasteiger partial charge in [-0.15, -0.1) is 11.3 Å². The molecule has 8 heteroatoms. The van der Waals surface area contributed by atoms with Gasteiger partial charge in [-0.2, -0.15) is 0 Å². The van der Waals surface area contributed by atoms with Gasteiger partial charge in [0.2, 0.25) is 0 Å². The molecule has 0 fully saturated rings. The van der Waals surface area contributed by atoms with Crippen LogP contribution in [-0.2, 0) is 16.0 Å². The number of halogens is 1. The van der Waals surface area contributed by atoms with E-state index >= 15 is 0 Å². The number of para-hydroxylation sites is 1. The monoisotopic (exact) mass is 310 g/mol. The fourth-order valence-corrected chi connectivity index (χ4v) is 2.19. The minimum Gasteiger partial charge on any atom is -0.481 e. The lowest BCUT2D eigenvalue weighted by Gasteiger charge is -2.06. The summed E-state index contributed by atoms with van der Waals surface area (Å²) in [5, 5.41) is 12.9. The Morgan fingerprint density at radius 2 is 2.14 bits per heavy atom. The summed E-state index contributed by atoms with van der Waals surface area (Å²) in [6, 6.07) is 5.75. The second-order valence-electron chi connectivity index (χ2n) is 3.98. The van der Waals surface area contributed by atoms with Gasteiger partial charge in [0, 0.05) is 5.38 Å². The number of thiazole rings is 1. The van der Waals surface area contributed by atoms with Crippen molar-refractivity contribution in [3.8, 4) is 5.75 Å².